The van der Waals surface area contributed by atoms with Crippen LogP contribution in [0.5, 0.6) is 0 Å². The molecule has 1 aliphatic carbocycles. The van der Waals surface area contributed by atoms with Crippen molar-refractivity contribution in [2.75, 3.05) is 18.4 Å². The van der Waals surface area contributed by atoms with E-state index in [1.54, 1.807) is 18.2 Å². The van der Waals surface area contributed by atoms with Crippen LogP contribution in [0, 0.1) is 18.7 Å². The van der Waals surface area contributed by atoms with Gasteiger partial charge < -0.3 is 15.5 Å². The number of anilines is 1. The van der Waals surface area contributed by atoms with Crippen molar-refractivity contribution < 1.29 is 18.8 Å². The molecule has 3 amide bonds. The normalized spacial score (nSPS) is 13.3. The Labute approximate surface area is 175 Å². The van der Waals surface area contributed by atoms with E-state index in [1.807, 2.05) is 25.1 Å². The third kappa shape index (κ3) is 6.14. The van der Waals surface area contributed by atoms with Gasteiger partial charge >= 0.3 is 0 Å². The topological polar surface area (TPSA) is 78.5 Å². The van der Waals surface area contributed by atoms with Gasteiger partial charge in [-0.25, -0.2) is 4.39 Å². The Morgan fingerprint density at radius 1 is 1.07 bits per heavy atom. The average Bonchev–Trinajstić information content (AvgIpc) is 2.66. The second kappa shape index (κ2) is 10.0. The fourth-order valence-corrected chi connectivity index (χ4v) is 3.27. The van der Waals surface area contributed by atoms with Crippen molar-refractivity contribution in [3.05, 3.63) is 65.5 Å². The monoisotopic (exact) mass is 411 g/mol. The second-order valence-corrected chi connectivity index (χ2v) is 7.64. The van der Waals surface area contributed by atoms with Gasteiger partial charge in [0.25, 0.3) is 0 Å². The molecule has 2 N–H and O–H groups in total. The Morgan fingerprint density at radius 2 is 1.80 bits per heavy atom. The number of amides is 3. The Balaban J connectivity index is 1.54. The number of hydrogen-bond donors (Lipinski definition) is 2. The number of hydrogen-bond acceptors (Lipinski definition) is 3. The molecule has 7 heteroatoms. The molecule has 0 unspecified atom stereocenters. The summed E-state index contributed by atoms with van der Waals surface area (Å²) in [5.41, 5.74) is 2.42. The maximum absolute atomic E-state index is 13.2. The molecule has 0 aromatic heterocycles. The lowest BCUT2D eigenvalue weighted by molar-refractivity contribution is -0.142. The van der Waals surface area contributed by atoms with Crippen LogP contribution in [0.2, 0.25) is 0 Å². The van der Waals surface area contributed by atoms with Crippen LogP contribution in [0.25, 0.3) is 0 Å². The minimum Gasteiger partial charge on any atom is -0.345 e. The molecule has 0 aliphatic heterocycles. The highest BCUT2D eigenvalue weighted by Crippen LogP contribution is 2.28. The van der Waals surface area contributed by atoms with Crippen LogP contribution < -0.4 is 10.6 Å². The summed E-state index contributed by atoms with van der Waals surface area (Å²) in [5, 5.41) is 5.29. The molecule has 0 spiro atoms. The lowest BCUT2D eigenvalue weighted by atomic mass is 9.84. The molecule has 1 aliphatic rings. The zero-order valence-electron chi connectivity index (χ0n) is 17.0. The molecule has 2 aromatic rings. The van der Waals surface area contributed by atoms with Gasteiger partial charge in [-0.3, -0.25) is 14.4 Å². The van der Waals surface area contributed by atoms with Crippen molar-refractivity contribution in [2.24, 2.45) is 5.92 Å². The number of halogens is 1. The predicted octanol–water partition coefficient (Wildman–Crippen LogP) is 3.02. The maximum atomic E-state index is 13.2. The van der Waals surface area contributed by atoms with E-state index in [1.165, 1.54) is 17.0 Å². The lowest BCUT2D eigenvalue weighted by Gasteiger charge is -2.31. The van der Waals surface area contributed by atoms with E-state index in [-0.39, 0.29) is 43.2 Å². The summed E-state index contributed by atoms with van der Waals surface area (Å²) in [6, 6.07) is 13.2. The minimum atomic E-state index is -0.413. The molecule has 0 atom stereocenters. The van der Waals surface area contributed by atoms with Crippen LogP contribution in [0.15, 0.2) is 48.5 Å². The highest BCUT2D eigenvalue weighted by molar-refractivity contribution is 5.95. The van der Waals surface area contributed by atoms with Crippen LogP contribution >= 0.6 is 0 Å². The molecule has 3 rings (SSSR count). The summed E-state index contributed by atoms with van der Waals surface area (Å²) in [6.07, 6.45) is 2.64. The Morgan fingerprint density at radius 3 is 2.43 bits per heavy atom. The van der Waals surface area contributed by atoms with Crippen molar-refractivity contribution in [1.29, 1.82) is 0 Å². The van der Waals surface area contributed by atoms with Gasteiger partial charge in [0.1, 0.15) is 5.82 Å². The van der Waals surface area contributed by atoms with E-state index in [0.717, 1.165) is 30.4 Å². The molecule has 0 radical (unpaired) electrons. The van der Waals surface area contributed by atoms with E-state index < -0.39 is 5.91 Å². The fraction of sp³-hybridized carbons (Fsp3) is 0.348. The molecule has 0 saturated heterocycles. The van der Waals surface area contributed by atoms with E-state index in [4.69, 9.17) is 0 Å². The third-order valence-electron chi connectivity index (χ3n) is 5.14. The van der Waals surface area contributed by atoms with Gasteiger partial charge in [-0.2, -0.15) is 0 Å². The predicted molar refractivity (Wildman–Crippen MR) is 112 cm³/mol. The van der Waals surface area contributed by atoms with E-state index in [0.29, 0.717) is 5.69 Å². The molecule has 30 heavy (non-hydrogen) atoms. The zero-order chi connectivity index (χ0) is 21.5. The van der Waals surface area contributed by atoms with Gasteiger partial charge in [0.2, 0.25) is 17.7 Å². The van der Waals surface area contributed by atoms with Gasteiger partial charge in [0.15, 0.2) is 0 Å². The van der Waals surface area contributed by atoms with Crippen molar-refractivity contribution in [2.45, 2.75) is 32.7 Å². The Kier molecular flexibility index (Phi) is 7.17. The summed E-state index contributed by atoms with van der Waals surface area (Å²) < 4.78 is 13.2. The highest BCUT2D eigenvalue weighted by Gasteiger charge is 2.30. The Bertz CT molecular complexity index is 910. The largest absolute Gasteiger partial charge is 0.345 e. The average molecular weight is 411 g/mol. The van der Waals surface area contributed by atoms with Gasteiger partial charge in [0, 0.05) is 18.2 Å². The maximum Gasteiger partial charge on any atom is 0.243 e. The third-order valence-corrected chi connectivity index (χ3v) is 5.14. The van der Waals surface area contributed by atoms with Crippen molar-refractivity contribution in [1.82, 2.24) is 10.2 Å². The van der Waals surface area contributed by atoms with Crippen molar-refractivity contribution in [3.63, 3.8) is 0 Å². The van der Waals surface area contributed by atoms with Crippen molar-refractivity contribution >= 4 is 23.4 Å². The first kappa shape index (κ1) is 21.5. The summed E-state index contributed by atoms with van der Waals surface area (Å²) in [6.45, 7) is 1.81. The smallest absolute Gasteiger partial charge is 0.243 e. The van der Waals surface area contributed by atoms with Gasteiger partial charge in [-0.1, -0.05) is 30.7 Å². The first-order valence-electron chi connectivity index (χ1n) is 10.1. The van der Waals surface area contributed by atoms with E-state index in [2.05, 4.69) is 10.6 Å². The lowest BCUT2D eigenvalue weighted by Crippen LogP contribution is -2.45. The number of carbonyl (C=O) groups is 3. The molecule has 1 fully saturated rings. The SMILES string of the molecule is Cc1cccc(NC(=O)CNC(=O)CN(Cc2ccc(F)cc2)C(=O)C2CCC2)c1. The number of rotatable bonds is 8. The van der Waals surface area contributed by atoms with Crippen LogP contribution in [0.1, 0.15) is 30.4 Å². The number of benzene rings is 2. The zero-order valence-corrected chi connectivity index (χ0v) is 17.0. The fourth-order valence-electron chi connectivity index (χ4n) is 3.27. The molecule has 1 saturated carbocycles. The first-order chi connectivity index (χ1) is 14.4. The molecule has 2 aromatic carbocycles. The van der Waals surface area contributed by atoms with Gasteiger partial charge in [-0.05, 0) is 55.2 Å². The molecular formula is C23H26FN3O3. The van der Waals surface area contributed by atoms with Crippen LogP contribution in [-0.4, -0.2) is 35.7 Å². The minimum absolute atomic E-state index is 0.0668. The summed E-state index contributed by atoms with van der Waals surface area (Å²) in [4.78, 5) is 38.7. The second-order valence-electron chi connectivity index (χ2n) is 7.64. The number of nitrogens with zero attached hydrogens (tertiary/aromatic N) is 1. The number of nitrogens with one attached hydrogen (secondary N) is 2. The quantitative estimate of drug-likeness (QED) is 0.701. The van der Waals surface area contributed by atoms with E-state index in [9.17, 15) is 18.8 Å². The number of carbonyl (C=O) groups excluding carboxylic acids is 3. The summed E-state index contributed by atoms with van der Waals surface area (Å²) >= 11 is 0. The molecule has 0 heterocycles. The van der Waals surface area contributed by atoms with Crippen molar-refractivity contribution in [3.8, 4) is 0 Å². The summed E-state index contributed by atoms with van der Waals surface area (Å²) in [7, 11) is 0. The Hall–Kier alpha value is -3.22. The van der Waals surface area contributed by atoms with E-state index >= 15 is 0 Å². The van der Waals surface area contributed by atoms with Gasteiger partial charge in [0.05, 0.1) is 13.1 Å². The molecule has 0 bridgehead atoms. The van der Waals surface area contributed by atoms with Crippen LogP contribution in [0.3, 0.4) is 0 Å². The standard InChI is InChI=1S/C23H26FN3O3/c1-16-4-2-7-20(12-16)26-21(28)13-25-22(29)15-27(23(30)18-5-3-6-18)14-17-8-10-19(24)11-9-17/h2,4,7-12,18H,3,5-6,13-15H2,1H3,(H,25,29)(H,26,28). The highest BCUT2D eigenvalue weighted by atomic mass is 19.1. The van der Waals surface area contributed by atoms with Crippen LogP contribution in [0.4, 0.5) is 10.1 Å². The summed E-state index contributed by atoms with van der Waals surface area (Å²) in [5.74, 6) is -1.26. The van der Waals surface area contributed by atoms with Crippen LogP contribution in [-0.2, 0) is 20.9 Å². The molecular weight excluding hydrogens is 385 g/mol. The first-order valence-corrected chi connectivity index (χ1v) is 10.1. The molecule has 158 valence electrons. The molecule has 6 nitrogen and oxygen atoms in total. The number of aryl methyl sites for hydroxylation is 1. The van der Waals surface area contributed by atoms with Gasteiger partial charge in [-0.15, -0.1) is 0 Å².